The molecule has 1 fully saturated rings. The van der Waals surface area contributed by atoms with Crippen LogP contribution in [0.15, 0.2) is 0 Å². The van der Waals surface area contributed by atoms with Gasteiger partial charge in [-0.3, -0.25) is 9.80 Å². The van der Waals surface area contributed by atoms with Crippen molar-refractivity contribution in [1.29, 1.82) is 0 Å². The fourth-order valence-electron chi connectivity index (χ4n) is 1.82. The van der Waals surface area contributed by atoms with E-state index in [0.29, 0.717) is 6.61 Å². The standard InChI is InChI=1S/C11H24N2O3/c1-15-9-6-12-2-4-13(5-3-12)7-10-16-11-8-14/h14H,2-11H2,1H3. The summed E-state index contributed by atoms with van der Waals surface area (Å²) in [4.78, 5) is 4.83. The molecule has 0 atom stereocenters. The van der Waals surface area contributed by atoms with Gasteiger partial charge in [0.05, 0.1) is 26.4 Å². The molecular formula is C11H24N2O3. The van der Waals surface area contributed by atoms with Crippen LogP contribution in [0.4, 0.5) is 0 Å². The van der Waals surface area contributed by atoms with Crippen molar-refractivity contribution in [2.75, 3.05) is 72.8 Å². The highest BCUT2D eigenvalue weighted by molar-refractivity contribution is 4.71. The van der Waals surface area contributed by atoms with Gasteiger partial charge in [0.1, 0.15) is 0 Å². The molecule has 0 aromatic rings. The lowest BCUT2D eigenvalue weighted by Crippen LogP contribution is -2.48. The van der Waals surface area contributed by atoms with E-state index in [9.17, 15) is 0 Å². The van der Waals surface area contributed by atoms with Crippen molar-refractivity contribution in [2.45, 2.75) is 0 Å². The molecule has 16 heavy (non-hydrogen) atoms. The molecule has 1 saturated heterocycles. The Morgan fingerprint density at radius 2 is 1.50 bits per heavy atom. The first-order valence-corrected chi connectivity index (χ1v) is 5.99. The maximum absolute atomic E-state index is 8.56. The van der Waals surface area contributed by atoms with Gasteiger partial charge in [0.25, 0.3) is 0 Å². The minimum Gasteiger partial charge on any atom is -0.394 e. The number of rotatable bonds is 8. The summed E-state index contributed by atoms with van der Waals surface area (Å²) in [6.45, 7) is 8.55. The van der Waals surface area contributed by atoms with E-state index in [1.165, 1.54) is 0 Å². The molecular weight excluding hydrogens is 208 g/mol. The van der Waals surface area contributed by atoms with Crippen LogP contribution in [-0.4, -0.2) is 87.7 Å². The average molecular weight is 232 g/mol. The number of nitrogens with zero attached hydrogens (tertiary/aromatic N) is 2. The second-order valence-electron chi connectivity index (χ2n) is 4.01. The van der Waals surface area contributed by atoms with Gasteiger partial charge in [-0.1, -0.05) is 0 Å². The fraction of sp³-hybridized carbons (Fsp3) is 1.00. The third kappa shape index (κ3) is 5.77. The van der Waals surface area contributed by atoms with Crippen molar-refractivity contribution < 1.29 is 14.6 Å². The predicted octanol–water partition coefficient (Wildman–Crippen LogP) is -0.741. The molecule has 0 unspecified atom stereocenters. The number of piperazine rings is 1. The Bertz CT molecular complexity index is 161. The minimum absolute atomic E-state index is 0.116. The summed E-state index contributed by atoms with van der Waals surface area (Å²) in [5, 5.41) is 8.56. The second kappa shape index (κ2) is 8.90. The molecule has 5 nitrogen and oxygen atoms in total. The lowest BCUT2D eigenvalue weighted by Gasteiger charge is -2.34. The van der Waals surface area contributed by atoms with Crippen LogP contribution >= 0.6 is 0 Å². The quantitative estimate of drug-likeness (QED) is 0.558. The Morgan fingerprint density at radius 3 is 2.00 bits per heavy atom. The van der Waals surface area contributed by atoms with Crippen molar-refractivity contribution in [2.24, 2.45) is 0 Å². The Morgan fingerprint density at radius 1 is 0.938 bits per heavy atom. The van der Waals surface area contributed by atoms with Crippen LogP contribution in [0.25, 0.3) is 0 Å². The lowest BCUT2D eigenvalue weighted by molar-refractivity contribution is 0.0521. The number of methoxy groups -OCH3 is 1. The monoisotopic (exact) mass is 232 g/mol. The summed E-state index contributed by atoms with van der Waals surface area (Å²) < 4.78 is 10.3. The van der Waals surface area contributed by atoms with Crippen molar-refractivity contribution in [3.63, 3.8) is 0 Å². The molecule has 1 aliphatic heterocycles. The van der Waals surface area contributed by atoms with Gasteiger partial charge in [-0.25, -0.2) is 0 Å². The summed E-state index contributed by atoms with van der Waals surface area (Å²) in [7, 11) is 1.74. The Labute approximate surface area is 97.9 Å². The van der Waals surface area contributed by atoms with Crippen molar-refractivity contribution in [3.8, 4) is 0 Å². The molecule has 0 bridgehead atoms. The number of aliphatic hydroxyl groups excluding tert-OH is 1. The van der Waals surface area contributed by atoms with E-state index in [-0.39, 0.29) is 6.61 Å². The molecule has 0 amide bonds. The first-order valence-electron chi connectivity index (χ1n) is 5.99. The van der Waals surface area contributed by atoms with E-state index < -0.39 is 0 Å². The third-order valence-corrected chi connectivity index (χ3v) is 2.86. The van der Waals surface area contributed by atoms with E-state index in [1.54, 1.807) is 7.11 Å². The molecule has 1 heterocycles. The normalized spacial score (nSPS) is 19.1. The highest BCUT2D eigenvalue weighted by Gasteiger charge is 2.15. The third-order valence-electron chi connectivity index (χ3n) is 2.86. The van der Waals surface area contributed by atoms with Gasteiger partial charge in [-0.05, 0) is 0 Å². The number of hydrogen-bond acceptors (Lipinski definition) is 5. The van der Waals surface area contributed by atoms with Gasteiger partial charge in [0, 0.05) is 46.4 Å². The Kier molecular flexibility index (Phi) is 7.71. The summed E-state index contributed by atoms with van der Waals surface area (Å²) in [5.41, 5.74) is 0. The fourth-order valence-corrected chi connectivity index (χ4v) is 1.82. The van der Waals surface area contributed by atoms with Crippen LogP contribution in [0, 0.1) is 0 Å². The minimum atomic E-state index is 0.116. The van der Waals surface area contributed by atoms with Crippen LogP contribution < -0.4 is 0 Å². The lowest BCUT2D eigenvalue weighted by atomic mass is 10.3. The molecule has 5 heteroatoms. The van der Waals surface area contributed by atoms with Crippen molar-refractivity contribution in [1.82, 2.24) is 9.80 Å². The summed E-state index contributed by atoms with van der Waals surface area (Å²) in [6, 6.07) is 0. The molecule has 0 spiro atoms. The van der Waals surface area contributed by atoms with Crippen LogP contribution in [0.1, 0.15) is 0 Å². The van der Waals surface area contributed by atoms with E-state index in [2.05, 4.69) is 9.80 Å². The van der Waals surface area contributed by atoms with E-state index in [1.807, 2.05) is 0 Å². The second-order valence-corrected chi connectivity index (χ2v) is 4.01. The van der Waals surface area contributed by atoms with Crippen LogP contribution in [0.3, 0.4) is 0 Å². The SMILES string of the molecule is COCCN1CCN(CCOCCO)CC1. The maximum atomic E-state index is 8.56. The maximum Gasteiger partial charge on any atom is 0.0698 e. The van der Waals surface area contributed by atoms with E-state index in [4.69, 9.17) is 14.6 Å². The molecule has 0 aliphatic carbocycles. The van der Waals surface area contributed by atoms with Crippen molar-refractivity contribution >= 4 is 0 Å². The number of ether oxygens (including phenoxy) is 2. The summed E-state index contributed by atoms with van der Waals surface area (Å²) in [6.07, 6.45) is 0. The van der Waals surface area contributed by atoms with Crippen LogP contribution in [-0.2, 0) is 9.47 Å². The van der Waals surface area contributed by atoms with Crippen LogP contribution in [0.5, 0.6) is 0 Å². The Hall–Kier alpha value is -0.200. The highest BCUT2D eigenvalue weighted by atomic mass is 16.5. The average Bonchev–Trinajstić information content (AvgIpc) is 2.33. The first kappa shape index (κ1) is 13.9. The van der Waals surface area contributed by atoms with Gasteiger partial charge in [0.15, 0.2) is 0 Å². The van der Waals surface area contributed by atoms with Gasteiger partial charge in [-0.2, -0.15) is 0 Å². The molecule has 1 aliphatic rings. The predicted molar refractivity (Wildman–Crippen MR) is 62.7 cm³/mol. The van der Waals surface area contributed by atoms with Gasteiger partial charge >= 0.3 is 0 Å². The van der Waals surface area contributed by atoms with Gasteiger partial charge in [-0.15, -0.1) is 0 Å². The van der Waals surface area contributed by atoms with E-state index >= 15 is 0 Å². The highest BCUT2D eigenvalue weighted by Crippen LogP contribution is 2.00. The van der Waals surface area contributed by atoms with Gasteiger partial charge in [0.2, 0.25) is 0 Å². The molecule has 1 N–H and O–H groups in total. The zero-order valence-corrected chi connectivity index (χ0v) is 10.2. The van der Waals surface area contributed by atoms with Crippen molar-refractivity contribution in [3.05, 3.63) is 0 Å². The zero-order valence-electron chi connectivity index (χ0n) is 10.2. The summed E-state index contributed by atoms with van der Waals surface area (Å²) in [5.74, 6) is 0. The largest absolute Gasteiger partial charge is 0.394 e. The molecule has 1 rings (SSSR count). The molecule has 0 aromatic heterocycles. The molecule has 96 valence electrons. The molecule has 0 saturated carbocycles. The van der Waals surface area contributed by atoms with Crippen LogP contribution in [0.2, 0.25) is 0 Å². The topological polar surface area (TPSA) is 45.2 Å². The van der Waals surface area contributed by atoms with Gasteiger partial charge < -0.3 is 14.6 Å². The zero-order chi connectivity index (χ0) is 11.6. The number of hydrogen-bond donors (Lipinski definition) is 1. The summed E-state index contributed by atoms with van der Waals surface area (Å²) >= 11 is 0. The van der Waals surface area contributed by atoms with E-state index in [0.717, 1.165) is 52.5 Å². The molecule has 0 radical (unpaired) electrons. The Balaban J connectivity index is 1.98. The molecule has 0 aromatic carbocycles. The number of aliphatic hydroxyl groups is 1. The first-order chi connectivity index (χ1) is 7.86. The smallest absolute Gasteiger partial charge is 0.0698 e.